The lowest BCUT2D eigenvalue weighted by molar-refractivity contribution is 0.313. The zero-order chi connectivity index (χ0) is 21.0. The van der Waals surface area contributed by atoms with Crippen molar-refractivity contribution in [3.8, 4) is 0 Å². The number of pyridine rings is 1. The van der Waals surface area contributed by atoms with Gasteiger partial charge in [-0.1, -0.05) is 24.3 Å². The van der Waals surface area contributed by atoms with Crippen molar-refractivity contribution in [3.63, 3.8) is 0 Å². The van der Waals surface area contributed by atoms with E-state index in [9.17, 15) is 0 Å². The Morgan fingerprint density at radius 2 is 1.77 bits per heavy atom. The van der Waals surface area contributed by atoms with E-state index in [1.165, 1.54) is 16.5 Å². The number of hydrogen-bond donors (Lipinski definition) is 2. The number of nitrogens with zero attached hydrogens (tertiary/aromatic N) is 5. The van der Waals surface area contributed by atoms with Gasteiger partial charge >= 0.3 is 0 Å². The topological polar surface area (TPSA) is 65.0 Å². The summed E-state index contributed by atoms with van der Waals surface area (Å²) in [5.41, 5.74) is 3.09. The van der Waals surface area contributed by atoms with Gasteiger partial charge in [-0.05, 0) is 43.3 Å². The lowest BCUT2D eigenvalue weighted by Gasteiger charge is -2.34. The van der Waals surface area contributed by atoms with Gasteiger partial charge in [0, 0.05) is 51.3 Å². The van der Waals surface area contributed by atoms with E-state index in [4.69, 9.17) is 4.98 Å². The van der Waals surface area contributed by atoms with Gasteiger partial charge in [-0.25, -0.2) is 9.97 Å². The smallest absolute Gasteiger partial charge is 0.179 e. The van der Waals surface area contributed by atoms with E-state index < -0.39 is 0 Å². The average Bonchev–Trinajstić information content (AvgIpc) is 3.40. The Morgan fingerprint density at radius 1 is 1.00 bits per heavy atom. The molecule has 3 aromatic heterocycles. The number of unbranched alkanes of at least 4 members (excludes halogenated alkanes) is 1. The van der Waals surface area contributed by atoms with Crippen molar-refractivity contribution in [1.29, 1.82) is 0 Å². The van der Waals surface area contributed by atoms with E-state index in [-0.39, 0.29) is 0 Å². The maximum absolute atomic E-state index is 4.70. The summed E-state index contributed by atoms with van der Waals surface area (Å²) in [6.07, 6.45) is 8.64. The Labute approximate surface area is 183 Å². The van der Waals surface area contributed by atoms with Crippen molar-refractivity contribution in [2.24, 2.45) is 0 Å². The van der Waals surface area contributed by atoms with Crippen LogP contribution in [0.25, 0.3) is 21.9 Å². The van der Waals surface area contributed by atoms with Gasteiger partial charge in [0.05, 0.1) is 12.2 Å². The van der Waals surface area contributed by atoms with E-state index >= 15 is 0 Å². The third kappa shape index (κ3) is 4.57. The quantitative estimate of drug-likeness (QED) is 0.431. The number of fused-ring (bicyclic) bond motifs is 2. The maximum Gasteiger partial charge on any atom is 0.179 e. The number of aromatic amines is 1. The Morgan fingerprint density at radius 3 is 2.55 bits per heavy atom. The highest BCUT2D eigenvalue weighted by Crippen LogP contribution is 2.24. The molecule has 0 atom stereocenters. The third-order valence-electron chi connectivity index (χ3n) is 6.18. The van der Waals surface area contributed by atoms with Gasteiger partial charge in [0.15, 0.2) is 5.65 Å². The molecule has 7 heteroatoms. The molecular formula is C24H31N7. The molecule has 0 saturated carbocycles. The lowest BCUT2D eigenvalue weighted by Crippen LogP contribution is -2.44. The zero-order valence-corrected chi connectivity index (χ0v) is 18.2. The van der Waals surface area contributed by atoms with Crippen LogP contribution in [0, 0.1) is 0 Å². The molecule has 0 unspecified atom stereocenters. The number of aryl methyl sites for hydroxylation is 1. The number of aromatic nitrogens is 4. The molecule has 1 aliphatic rings. The Kier molecular flexibility index (Phi) is 5.86. The predicted molar refractivity (Wildman–Crippen MR) is 126 cm³/mol. The maximum atomic E-state index is 4.70. The second kappa shape index (κ2) is 9.08. The number of imidazole rings is 1. The molecule has 162 valence electrons. The largest absolute Gasteiger partial charge is 0.367 e. The Bertz CT molecular complexity index is 1100. The third-order valence-corrected chi connectivity index (χ3v) is 6.18. The first-order valence-corrected chi connectivity index (χ1v) is 11.3. The number of likely N-dealkylation sites (N-methyl/N-ethyl adjacent to an activating group) is 1. The van der Waals surface area contributed by atoms with Crippen molar-refractivity contribution in [2.75, 3.05) is 44.7 Å². The van der Waals surface area contributed by atoms with Crippen LogP contribution >= 0.6 is 0 Å². The van der Waals surface area contributed by atoms with Gasteiger partial charge in [-0.3, -0.25) is 0 Å². The van der Waals surface area contributed by atoms with Gasteiger partial charge in [-0.2, -0.15) is 0 Å². The van der Waals surface area contributed by atoms with Gasteiger partial charge < -0.3 is 24.7 Å². The van der Waals surface area contributed by atoms with Crippen molar-refractivity contribution in [3.05, 3.63) is 54.7 Å². The standard InChI is InChI=1S/C24H31N7/c1-29-12-14-31(15-13-29)21-8-10-26-24-23(21)27-22(28-24)16-25-9-4-5-11-30-17-19-6-2-3-7-20(19)18-30/h2-3,6-8,10,17-18,25H,4-5,9,11-16H2,1H3,(H,26,27,28). The number of anilines is 1. The summed E-state index contributed by atoms with van der Waals surface area (Å²) in [7, 11) is 2.18. The summed E-state index contributed by atoms with van der Waals surface area (Å²) in [6.45, 7) is 7.04. The molecule has 4 heterocycles. The van der Waals surface area contributed by atoms with Crippen molar-refractivity contribution < 1.29 is 0 Å². The molecule has 1 fully saturated rings. The fourth-order valence-electron chi connectivity index (χ4n) is 4.36. The summed E-state index contributed by atoms with van der Waals surface area (Å²) in [6, 6.07) is 10.6. The normalized spacial score (nSPS) is 15.3. The van der Waals surface area contributed by atoms with Gasteiger partial charge in [0.2, 0.25) is 0 Å². The van der Waals surface area contributed by atoms with Crippen LogP contribution in [0.4, 0.5) is 5.69 Å². The molecule has 0 aliphatic carbocycles. The SMILES string of the molecule is CN1CCN(c2ccnc3nc(CNCCCCn4cc5ccccc5c4)[nH]c23)CC1. The van der Waals surface area contributed by atoms with E-state index in [2.05, 4.69) is 79.4 Å². The van der Waals surface area contributed by atoms with Crippen molar-refractivity contribution >= 4 is 27.6 Å². The highest BCUT2D eigenvalue weighted by Gasteiger charge is 2.18. The first kappa shape index (κ1) is 20.0. The molecule has 0 bridgehead atoms. The molecule has 2 N–H and O–H groups in total. The van der Waals surface area contributed by atoms with E-state index in [0.717, 1.165) is 75.6 Å². The van der Waals surface area contributed by atoms with Crippen molar-refractivity contribution in [2.45, 2.75) is 25.9 Å². The van der Waals surface area contributed by atoms with Crippen LogP contribution in [-0.4, -0.2) is 64.2 Å². The monoisotopic (exact) mass is 417 g/mol. The van der Waals surface area contributed by atoms with Crippen LogP contribution < -0.4 is 10.2 Å². The van der Waals surface area contributed by atoms with E-state index in [1.54, 1.807) is 0 Å². The number of rotatable bonds is 8. The fourth-order valence-corrected chi connectivity index (χ4v) is 4.36. The van der Waals surface area contributed by atoms with Crippen molar-refractivity contribution in [1.82, 2.24) is 29.7 Å². The van der Waals surface area contributed by atoms with E-state index in [1.807, 2.05) is 6.20 Å². The summed E-state index contributed by atoms with van der Waals surface area (Å²) >= 11 is 0. The van der Waals surface area contributed by atoms with Gasteiger partial charge in [-0.15, -0.1) is 0 Å². The number of hydrogen-bond acceptors (Lipinski definition) is 5. The average molecular weight is 418 g/mol. The Balaban J connectivity index is 1.11. The van der Waals surface area contributed by atoms with Crippen LogP contribution in [0.1, 0.15) is 18.7 Å². The highest BCUT2D eigenvalue weighted by atomic mass is 15.3. The van der Waals surface area contributed by atoms with E-state index in [0.29, 0.717) is 0 Å². The molecule has 0 spiro atoms. The van der Waals surface area contributed by atoms with Crippen LogP contribution in [0.2, 0.25) is 0 Å². The number of piperazine rings is 1. The summed E-state index contributed by atoms with van der Waals surface area (Å²) < 4.78 is 2.30. The Hall–Kier alpha value is -2.90. The number of benzene rings is 1. The minimum Gasteiger partial charge on any atom is -0.367 e. The molecule has 0 radical (unpaired) electrons. The number of nitrogens with one attached hydrogen (secondary N) is 2. The van der Waals surface area contributed by atoms with Gasteiger partial charge in [0.25, 0.3) is 0 Å². The minimum atomic E-state index is 0.742. The fraction of sp³-hybridized carbons (Fsp3) is 0.417. The first-order chi connectivity index (χ1) is 15.3. The molecule has 7 nitrogen and oxygen atoms in total. The first-order valence-electron chi connectivity index (χ1n) is 11.3. The summed E-state index contributed by atoms with van der Waals surface area (Å²) in [5, 5.41) is 6.16. The second-order valence-corrected chi connectivity index (χ2v) is 8.51. The molecular weight excluding hydrogens is 386 g/mol. The van der Waals surface area contributed by atoms with Crippen LogP contribution in [0.5, 0.6) is 0 Å². The molecule has 0 amide bonds. The molecule has 31 heavy (non-hydrogen) atoms. The molecule has 5 rings (SSSR count). The lowest BCUT2D eigenvalue weighted by atomic mass is 10.2. The summed E-state index contributed by atoms with van der Waals surface area (Å²) in [4.78, 5) is 17.5. The zero-order valence-electron chi connectivity index (χ0n) is 18.2. The van der Waals surface area contributed by atoms with Crippen LogP contribution in [0.3, 0.4) is 0 Å². The molecule has 1 saturated heterocycles. The highest BCUT2D eigenvalue weighted by molar-refractivity contribution is 5.86. The predicted octanol–water partition coefficient (Wildman–Crippen LogP) is 3.23. The molecule has 1 aliphatic heterocycles. The molecule has 1 aromatic carbocycles. The van der Waals surface area contributed by atoms with Crippen LogP contribution in [0.15, 0.2) is 48.9 Å². The molecule has 4 aromatic rings. The minimum absolute atomic E-state index is 0.742. The number of H-pyrrole nitrogens is 1. The summed E-state index contributed by atoms with van der Waals surface area (Å²) in [5.74, 6) is 0.959. The van der Waals surface area contributed by atoms with Crippen LogP contribution in [-0.2, 0) is 13.1 Å². The van der Waals surface area contributed by atoms with Gasteiger partial charge in [0.1, 0.15) is 11.3 Å². The second-order valence-electron chi connectivity index (χ2n) is 8.51.